The van der Waals surface area contributed by atoms with E-state index >= 15 is 0 Å². The van der Waals surface area contributed by atoms with Crippen molar-refractivity contribution in [1.82, 2.24) is 15.3 Å². The van der Waals surface area contributed by atoms with E-state index in [1.807, 2.05) is 6.20 Å². The molecule has 0 fully saturated rings. The SMILES string of the molecule is CC(NC(CC(C)(C)C)c1ccccc1)c1ncc[nH]1. The molecule has 3 heteroatoms. The number of imidazole rings is 1. The van der Waals surface area contributed by atoms with E-state index in [0.29, 0.717) is 6.04 Å². The summed E-state index contributed by atoms with van der Waals surface area (Å²) in [6.07, 6.45) is 4.76. The highest BCUT2D eigenvalue weighted by Gasteiger charge is 2.22. The maximum Gasteiger partial charge on any atom is 0.122 e. The highest BCUT2D eigenvalue weighted by atomic mass is 15.0. The lowest BCUT2D eigenvalue weighted by Crippen LogP contribution is -2.28. The number of aromatic amines is 1. The van der Waals surface area contributed by atoms with Crippen LogP contribution in [0.15, 0.2) is 42.7 Å². The van der Waals surface area contributed by atoms with Gasteiger partial charge in [0, 0.05) is 18.4 Å². The highest BCUT2D eigenvalue weighted by Crippen LogP contribution is 2.30. The number of benzene rings is 1. The molecule has 2 rings (SSSR count). The third-order valence-corrected chi connectivity index (χ3v) is 3.40. The summed E-state index contributed by atoms with van der Waals surface area (Å²) in [6, 6.07) is 11.2. The third-order valence-electron chi connectivity index (χ3n) is 3.40. The van der Waals surface area contributed by atoms with Crippen LogP contribution in [-0.4, -0.2) is 9.97 Å². The number of aromatic nitrogens is 2. The maximum absolute atomic E-state index is 4.34. The topological polar surface area (TPSA) is 40.7 Å². The van der Waals surface area contributed by atoms with Crippen molar-refractivity contribution in [2.75, 3.05) is 0 Å². The Kier molecular flexibility index (Phi) is 4.61. The molecule has 1 aromatic heterocycles. The van der Waals surface area contributed by atoms with Crippen LogP contribution in [0.5, 0.6) is 0 Å². The van der Waals surface area contributed by atoms with E-state index in [9.17, 15) is 0 Å². The smallest absolute Gasteiger partial charge is 0.122 e. The molecule has 1 aromatic carbocycles. The Hall–Kier alpha value is -1.61. The fourth-order valence-corrected chi connectivity index (χ4v) is 2.47. The predicted octanol–water partition coefficient (Wildman–Crippen LogP) is 4.24. The Labute approximate surface area is 121 Å². The van der Waals surface area contributed by atoms with Crippen molar-refractivity contribution in [3.05, 3.63) is 54.1 Å². The molecule has 0 amide bonds. The van der Waals surface area contributed by atoms with Gasteiger partial charge in [-0.25, -0.2) is 4.98 Å². The van der Waals surface area contributed by atoms with Crippen molar-refractivity contribution >= 4 is 0 Å². The van der Waals surface area contributed by atoms with Crippen molar-refractivity contribution in [2.45, 2.75) is 46.2 Å². The van der Waals surface area contributed by atoms with E-state index in [4.69, 9.17) is 0 Å². The molecule has 0 aliphatic heterocycles. The third kappa shape index (κ3) is 4.20. The first kappa shape index (κ1) is 14.8. The van der Waals surface area contributed by atoms with E-state index < -0.39 is 0 Å². The average molecular weight is 271 g/mol. The van der Waals surface area contributed by atoms with E-state index in [2.05, 4.69) is 73.3 Å². The Morgan fingerprint density at radius 1 is 1.20 bits per heavy atom. The molecule has 2 aromatic rings. The van der Waals surface area contributed by atoms with Gasteiger partial charge in [0.15, 0.2) is 0 Å². The molecule has 0 bridgehead atoms. The molecule has 0 aliphatic carbocycles. The van der Waals surface area contributed by atoms with E-state index in [1.165, 1.54) is 5.56 Å². The molecule has 3 nitrogen and oxygen atoms in total. The monoisotopic (exact) mass is 271 g/mol. The van der Waals surface area contributed by atoms with Gasteiger partial charge in [0.1, 0.15) is 5.82 Å². The zero-order valence-electron chi connectivity index (χ0n) is 12.9. The Morgan fingerprint density at radius 3 is 2.45 bits per heavy atom. The first-order valence-corrected chi connectivity index (χ1v) is 7.26. The summed E-state index contributed by atoms with van der Waals surface area (Å²) in [5.74, 6) is 0.986. The Balaban J connectivity index is 2.15. The van der Waals surface area contributed by atoms with Gasteiger partial charge in [0.05, 0.1) is 6.04 Å². The summed E-state index contributed by atoms with van der Waals surface area (Å²) in [4.78, 5) is 7.52. The van der Waals surface area contributed by atoms with Crippen LogP contribution in [0.3, 0.4) is 0 Å². The van der Waals surface area contributed by atoms with Crippen LogP contribution in [0.4, 0.5) is 0 Å². The Morgan fingerprint density at radius 2 is 1.90 bits per heavy atom. The van der Waals surface area contributed by atoms with E-state index in [0.717, 1.165) is 12.2 Å². The molecule has 0 aliphatic rings. The van der Waals surface area contributed by atoms with Crippen LogP contribution in [0.1, 0.15) is 57.6 Å². The summed E-state index contributed by atoms with van der Waals surface area (Å²) in [7, 11) is 0. The molecule has 0 saturated carbocycles. The summed E-state index contributed by atoms with van der Waals surface area (Å²) in [5.41, 5.74) is 1.61. The van der Waals surface area contributed by atoms with Gasteiger partial charge in [-0.05, 0) is 24.3 Å². The highest BCUT2D eigenvalue weighted by molar-refractivity contribution is 5.19. The lowest BCUT2D eigenvalue weighted by atomic mass is 9.85. The minimum atomic E-state index is 0.206. The van der Waals surface area contributed by atoms with Gasteiger partial charge >= 0.3 is 0 Å². The lowest BCUT2D eigenvalue weighted by Gasteiger charge is -2.29. The molecular weight excluding hydrogens is 246 g/mol. The van der Waals surface area contributed by atoms with Crippen molar-refractivity contribution in [3.63, 3.8) is 0 Å². The minimum absolute atomic E-state index is 0.206. The molecule has 0 radical (unpaired) electrons. The number of H-pyrrole nitrogens is 1. The zero-order chi connectivity index (χ0) is 14.6. The molecule has 108 valence electrons. The average Bonchev–Trinajstić information content (AvgIpc) is 2.91. The number of hydrogen-bond donors (Lipinski definition) is 2. The van der Waals surface area contributed by atoms with Crippen molar-refractivity contribution in [2.24, 2.45) is 5.41 Å². The second-order valence-electron chi connectivity index (χ2n) is 6.59. The summed E-state index contributed by atoms with van der Waals surface area (Å²) < 4.78 is 0. The molecule has 0 spiro atoms. The van der Waals surface area contributed by atoms with Crippen molar-refractivity contribution in [1.29, 1.82) is 0 Å². The zero-order valence-corrected chi connectivity index (χ0v) is 12.9. The summed E-state index contributed by atoms with van der Waals surface area (Å²) >= 11 is 0. The van der Waals surface area contributed by atoms with Crippen LogP contribution in [0, 0.1) is 5.41 Å². The minimum Gasteiger partial charge on any atom is -0.347 e. The molecule has 20 heavy (non-hydrogen) atoms. The van der Waals surface area contributed by atoms with Gasteiger partial charge in [-0.1, -0.05) is 51.1 Å². The largest absolute Gasteiger partial charge is 0.347 e. The molecule has 2 unspecified atom stereocenters. The standard InChI is InChI=1S/C17H25N3/c1-13(16-18-10-11-19-16)20-15(12-17(2,3)4)14-8-6-5-7-9-14/h5-11,13,15,20H,12H2,1-4H3,(H,18,19). The second kappa shape index (κ2) is 6.23. The van der Waals surface area contributed by atoms with Crippen LogP contribution in [0.25, 0.3) is 0 Å². The molecule has 0 saturated heterocycles. The lowest BCUT2D eigenvalue weighted by molar-refractivity contribution is 0.295. The summed E-state index contributed by atoms with van der Waals surface area (Å²) in [6.45, 7) is 8.99. The number of nitrogens with one attached hydrogen (secondary N) is 2. The van der Waals surface area contributed by atoms with Crippen molar-refractivity contribution in [3.8, 4) is 0 Å². The quantitative estimate of drug-likeness (QED) is 0.854. The van der Waals surface area contributed by atoms with Gasteiger partial charge < -0.3 is 10.3 Å². The van der Waals surface area contributed by atoms with E-state index in [-0.39, 0.29) is 11.5 Å². The van der Waals surface area contributed by atoms with Gasteiger partial charge in [0.25, 0.3) is 0 Å². The Bertz CT molecular complexity index is 497. The number of rotatable bonds is 5. The first-order chi connectivity index (χ1) is 9.46. The van der Waals surface area contributed by atoms with Crippen LogP contribution in [-0.2, 0) is 0 Å². The van der Waals surface area contributed by atoms with Gasteiger partial charge in [-0.3, -0.25) is 0 Å². The molecule has 2 atom stereocenters. The molecular formula is C17H25N3. The first-order valence-electron chi connectivity index (χ1n) is 7.26. The van der Waals surface area contributed by atoms with Crippen molar-refractivity contribution < 1.29 is 0 Å². The maximum atomic E-state index is 4.34. The molecule has 1 heterocycles. The number of nitrogens with zero attached hydrogens (tertiary/aromatic N) is 1. The van der Waals surface area contributed by atoms with Crippen LogP contribution < -0.4 is 5.32 Å². The fraction of sp³-hybridized carbons (Fsp3) is 0.471. The van der Waals surface area contributed by atoms with Crippen LogP contribution >= 0.6 is 0 Å². The normalized spacial score (nSPS) is 15.0. The molecule has 2 N–H and O–H groups in total. The predicted molar refractivity (Wildman–Crippen MR) is 83.4 cm³/mol. The fourth-order valence-electron chi connectivity index (χ4n) is 2.47. The van der Waals surface area contributed by atoms with Gasteiger partial charge in [-0.2, -0.15) is 0 Å². The number of hydrogen-bond acceptors (Lipinski definition) is 2. The summed E-state index contributed by atoms with van der Waals surface area (Å²) in [5, 5.41) is 3.70. The van der Waals surface area contributed by atoms with E-state index in [1.54, 1.807) is 6.20 Å². The van der Waals surface area contributed by atoms with Gasteiger partial charge in [-0.15, -0.1) is 0 Å². The van der Waals surface area contributed by atoms with Gasteiger partial charge in [0.2, 0.25) is 0 Å². The van der Waals surface area contributed by atoms with Crippen LogP contribution in [0.2, 0.25) is 0 Å². The second-order valence-corrected chi connectivity index (χ2v) is 6.59.